The average Bonchev–Trinajstić information content (AvgIpc) is 2.40. The van der Waals surface area contributed by atoms with Gasteiger partial charge in [0.25, 0.3) is 0 Å². The van der Waals surface area contributed by atoms with E-state index >= 15 is 0 Å². The van der Waals surface area contributed by atoms with Crippen molar-refractivity contribution in [2.75, 3.05) is 0 Å². The number of aromatic nitrogens is 1. The summed E-state index contributed by atoms with van der Waals surface area (Å²) in [5.41, 5.74) is 2.58. The van der Waals surface area contributed by atoms with E-state index in [-0.39, 0.29) is 0 Å². The van der Waals surface area contributed by atoms with Crippen LogP contribution >= 0.6 is 0 Å². The molecule has 0 bridgehead atoms. The molecule has 0 atom stereocenters. The van der Waals surface area contributed by atoms with Crippen molar-refractivity contribution in [1.29, 1.82) is 0 Å². The van der Waals surface area contributed by atoms with Crippen molar-refractivity contribution in [3.63, 3.8) is 0 Å². The molecule has 0 amide bonds. The second-order valence-corrected chi connectivity index (χ2v) is 5.01. The summed E-state index contributed by atoms with van der Waals surface area (Å²) in [6, 6.07) is 11.9. The van der Waals surface area contributed by atoms with Crippen molar-refractivity contribution in [3.05, 3.63) is 53.7 Å². The fourth-order valence-electron chi connectivity index (χ4n) is 2.28. The lowest BCUT2D eigenvalue weighted by molar-refractivity contribution is 0.451. The monoisotopic (exact) mass is 255 g/mol. The lowest BCUT2D eigenvalue weighted by Crippen LogP contribution is -2.02. The summed E-state index contributed by atoms with van der Waals surface area (Å²) < 4.78 is 5.95. The third-order valence-corrected chi connectivity index (χ3v) is 3.10. The number of pyridine rings is 1. The Morgan fingerprint density at radius 1 is 1.11 bits per heavy atom. The number of rotatable bonds is 5. The zero-order valence-corrected chi connectivity index (χ0v) is 11.9. The zero-order chi connectivity index (χ0) is 13.7. The fourth-order valence-corrected chi connectivity index (χ4v) is 2.28. The van der Waals surface area contributed by atoms with Gasteiger partial charge in [-0.25, -0.2) is 4.98 Å². The summed E-state index contributed by atoms with van der Waals surface area (Å²) in [6.07, 6.45) is 4.05. The number of hydrogen-bond donors (Lipinski definition) is 0. The standard InChI is InChI=1S/C17H21NO/c1-4-8-14-11-12-18-17(16(14)13(2)3)19-15-9-6-5-7-10-15/h5-7,9-13H,4,8H2,1-3H3. The first kappa shape index (κ1) is 13.6. The van der Waals surface area contributed by atoms with E-state index in [0.29, 0.717) is 5.92 Å². The Labute approximate surface area is 115 Å². The molecule has 1 aromatic carbocycles. The predicted molar refractivity (Wildman–Crippen MR) is 78.8 cm³/mol. The summed E-state index contributed by atoms with van der Waals surface area (Å²) in [5.74, 6) is 1.99. The zero-order valence-electron chi connectivity index (χ0n) is 11.9. The van der Waals surface area contributed by atoms with Crippen LogP contribution in [0.15, 0.2) is 42.6 Å². The van der Waals surface area contributed by atoms with Crippen LogP contribution in [0.25, 0.3) is 0 Å². The highest BCUT2D eigenvalue weighted by atomic mass is 16.5. The molecule has 1 aromatic heterocycles. The normalized spacial score (nSPS) is 10.7. The molecular formula is C17H21NO. The first-order valence-corrected chi connectivity index (χ1v) is 6.93. The molecule has 0 saturated heterocycles. The molecule has 0 fully saturated rings. The molecule has 0 aliphatic carbocycles. The molecule has 2 aromatic rings. The highest BCUT2D eigenvalue weighted by molar-refractivity contribution is 5.39. The largest absolute Gasteiger partial charge is 0.439 e. The van der Waals surface area contributed by atoms with E-state index in [2.05, 4.69) is 31.8 Å². The lowest BCUT2D eigenvalue weighted by Gasteiger charge is -2.16. The fraction of sp³-hybridized carbons (Fsp3) is 0.353. The molecule has 0 radical (unpaired) electrons. The topological polar surface area (TPSA) is 22.1 Å². The van der Waals surface area contributed by atoms with E-state index in [1.54, 1.807) is 0 Å². The summed E-state index contributed by atoms with van der Waals surface area (Å²) >= 11 is 0. The van der Waals surface area contributed by atoms with Gasteiger partial charge >= 0.3 is 0 Å². The summed E-state index contributed by atoms with van der Waals surface area (Å²) in [5, 5.41) is 0. The third kappa shape index (κ3) is 3.34. The molecular weight excluding hydrogens is 234 g/mol. The van der Waals surface area contributed by atoms with Crippen LogP contribution in [0.2, 0.25) is 0 Å². The van der Waals surface area contributed by atoms with Crippen LogP contribution in [-0.4, -0.2) is 4.98 Å². The highest BCUT2D eigenvalue weighted by Gasteiger charge is 2.14. The van der Waals surface area contributed by atoms with E-state index in [0.717, 1.165) is 24.5 Å². The Hall–Kier alpha value is -1.83. The lowest BCUT2D eigenvalue weighted by atomic mass is 9.96. The Morgan fingerprint density at radius 3 is 2.47 bits per heavy atom. The van der Waals surface area contributed by atoms with Gasteiger partial charge in [0.05, 0.1) is 0 Å². The first-order chi connectivity index (χ1) is 9.22. The van der Waals surface area contributed by atoms with Gasteiger partial charge in [0.1, 0.15) is 5.75 Å². The van der Waals surface area contributed by atoms with Crippen LogP contribution in [0.4, 0.5) is 0 Å². The second kappa shape index (κ2) is 6.37. The molecule has 2 nitrogen and oxygen atoms in total. The number of benzene rings is 1. The Morgan fingerprint density at radius 2 is 1.84 bits per heavy atom. The average molecular weight is 255 g/mol. The molecule has 2 rings (SSSR count). The van der Waals surface area contributed by atoms with Gasteiger partial charge in [-0.3, -0.25) is 0 Å². The highest BCUT2D eigenvalue weighted by Crippen LogP contribution is 2.31. The van der Waals surface area contributed by atoms with Crippen molar-refractivity contribution in [3.8, 4) is 11.6 Å². The minimum atomic E-state index is 0.411. The van der Waals surface area contributed by atoms with Gasteiger partial charge in [-0.1, -0.05) is 45.4 Å². The van der Waals surface area contributed by atoms with Crippen LogP contribution < -0.4 is 4.74 Å². The molecule has 19 heavy (non-hydrogen) atoms. The van der Waals surface area contributed by atoms with Crippen LogP contribution in [0.1, 0.15) is 44.2 Å². The van der Waals surface area contributed by atoms with Crippen LogP contribution in [0.3, 0.4) is 0 Å². The van der Waals surface area contributed by atoms with Crippen molar-refractivity contribution < 1.29 is 4.74 Å². The maximum atomic E-state index is 5.95. The number of aryl methyl sites for hydroxylation is 1. The van der Waals surface area contributed by atoms with E-state index in [4.69, 9.17) is 4.74 Å². The molecule has 1 heterocycles. The Kier molecular flexibility index (Phi) is 4.56. The van der Waals surface area contributed by atoms with Crippen molar-refractivity contribution in [1.82, 2.24) is 4.98 Å². The van der Waals surface area contributed by atoms with E-state index < -0.39 is 0 Å². The maximum absolute atomic E-state index is 5.95. The smallest absolute Gasteiger partial charge is 0.222 e. The van der Waals surface area contributed by atoms with Crippen LogP contribution in [0.5, 0.6) is 11.6 Å². The number of hydrogen-bond acceptors (Lipinski definition) is 2. The predicted octanol–water partition coefficient (Wildman–Crippen LogP) is 4.95. The van der Waals surface area contributed by atoms with Crippen LogP contribution in [0, 0.1) is 0 Å². The third-order valence-electron chi connectivity index (χ3n) is 3.10. The van der Waals surface area contributed by atoms with Gasteiger partial charge in [0, 0.05) is 11.8 Å². The van der Waals surface area contributed by atoms with E-state index in [1.165, 1.54) is 11.1 Å². The molecule has 2 heteroatoms. The van der Waals surface area contributed by atoms with Crippen molar-refractivity contribution in [2.24, 2.45) is 0 Å². The van der Waals surface area contributed by atoms with Gasteiger partial charge < -0.3 is 4.74 Å². The Balaban J connectivity index is 2.36. The van der Waals surface area contributed by atoms with E-state index in [1.807, 2.05) is 36.5 Å². The molecule has 0 N–H and O–H groups in total. The molecule has 0 saturated carbocycles. The summed E-state index contributed by atoms with van der Waals surface area (Å²) in [7, 11) is 0. The number of nitrogens with zero attached hydrogens (tertiary/aromatic N) is 1. The van der Waals surface area contributed by atoms with Gasteiger partial charge in [-0.2, -0.15) is 0 Å². The number of para-hydroxylation sites is 1. The molecule has 100 valence electrons. The van der Waals surface area contributed by atoms with E-state index in [9.17, 15) is 0 Å². The minimum Gasteiger partial charge on any atom is -0.439 e. The van der Waals surface area contributed by atoms with Gasteiger partial charge in [-0.05, 0) is 36.1 Å². The molecule has 0 spiro atoms. The minimum absolute atomic E-state index is 0.411. The molecule has 0 aliphatic rings. The quantitative estimate of drug-likeness (QED) is 0.754. The van der Waals surface area contributed by atoms with Crippen molar-refractivity contribution in [2.45, 2.75) is 39.5 Å². The first-order valence-electron chi connectivity index (χ1n) is 6.93. The van der Waals surface area contributed by atoms with Crippen LogP contribution in [-0.2, 0) is 6.42 Å². The number of ether oxygens (including phenoxy) is 1. The molecule has 0 aliphatic heterocycles. The van der Waals surface area contributed by atoms with Crippen molar-refractivity contribution >= 4 is 0 Å². The maximum Gasteiger partial charge on any atom is 0.222 e. The second-order valence-electron chi connectivity index (χ2n) is 5.01. The summed E-state index contributed by atoms with van der Waals surface area (Å²) in [6.45, 7) is 6.57. The SMILES string of the molecule is CCCc1ccnc(Oc2ccccc2)c1C(C)C. The molecule has 0 unspecified atom stereocenters. The van der Waals surface area contributed by atoms with Gasteiger partial charge in [0.2, 0.25) is 5.88 Å². The summed E-state index contributed by atoms with van der Waals surface area (Å²) in [4.78, 5) is 4.42. The van der Waals surface area contributed by atoms with Gasteiger partial charge in [-0.15, -0.1) is 0 Å². The van der Waals surface area contributed by atoms with Gasteiger partial charge in [0.15, 0.2) is 0 Å². The Bertz CT molecular complexity index is 520.